The number of benzene rings is 1. The first-order valence-corrected chi connectivity index (χ1v) is 7.15. The molecule has 0 aromatic heterocycles. The Morgan fingerprint density at radius 1 is 1.11 bits per heavy atom. The van der Waals surface area contributed by atoms with Gasteiger partial charge in [-0.15, -0.1) is 0 Å². The van der Waals surface area contributed by atoms with Crippen LogP contribution in [0.4, 0.5) is 0 Å². The molecule has 0 amide bonds. The number of nitrogens with one attached hydrogen (secondary N) is 2. The highest BCUT2D eigenvalue weighted by Gasteiger charge is 2.04. The van der Waals surface area contributed by atoms with Crippen LogP contribution in [0.3, 0.4) is 0 Å². The lowest BCUT2D eigenvalue weighted by atomic mass is 10.1. The molecule has 0 fully saturated rings. The minimum atomic E-state index is 0.449. The molecule has 1 aromatic carbocycles. The summed E-state index contributed by atoms with van der Waals surface area (Å²) in [6.45, 7) is 8.35. The maximum absolute atomic E-state index is 6.12. The second-order valence-corrected chi connectivity index (χ2v) is 5.75. The summed E-state index contributed by atoms with van der Waals surface area (Å²) in [6, 6.07) is 6.57. The Bertz CT molecular complexity index is 367. The lowest BCUT2D eigenvalue weighted by Crippen LogP contribution is -2.39. The van der Waals surface area contributed by atoms with Gasteiger partial charge in [-0.3, -0.25) is 0 Å². The van der Waals surface area contributed by atoms with Crippen molar-refractivity contribution in [2.24, 2.45) is 0 Å². The van der Waals surface area contributed by atoms with Gasteiger partial charge in [0.1, 0.15) is 0 Å². The molecule has 1 unspecified atom stereocenters. The van der Waals surface area contributed by atoms with Crippen LogP contribution in [0, 0.1) is 0 Å². The second-order valence-electron chi connectivity index (χ2n) is 4.90. The second kappa shape index (κ2) is 8.00. The van der Waals surface area contributed by atoms with Gasteiger partial charge in [0.2, 0.25) is 0 Å². The molecule has 0 radical (unpaired) electrons. The van der Waals surface area contributed by atoms with Crippen molar-refractivity contribution in [2.75, 3.05) is 13.1 Å². The van der Waals surface area contributed by atoms with Crippen molar-refractivity contribution in [2.45, 2.75) is 39.3 Å². The molecule has 1 atom stereocenters. The van der Waals surface area contributed by atoms with Gasteiger partial charge < -0.3 is 10.6 Å². The highest BCUT2D eigenvalue weighted by molar-refractivity contribution is 6.33. The van der Waals surface area contributed by atoms with Gasteiger partial charge in [0.25, 0.3) is 0 Å². The summed E-state index contributed by atoms with van der Waals surface area (Å²) >= 11 is 12.1. The highest BCUT2D eigenvalue weighted by Crippen LogP contribution is 2.20. The van der Waals surface area contributed by atoms with Gasteiger partial charge in [-0.05, 0) is 43.7 Å². The van der Waals surface area contributed by atoms with E-state index in [9.17, 15) is 0 Å². The van der Waals surface area contributed by atoms with Crippen LogP contribution >= 0.6 is 23.2 Å². The smallest absolute Gasteiger partial charge is 0.0439 e. The van der Waals surface area contributed by atoms with Crippen molar-refractivity contribution in [3.8, 4) is 0 Å². The van der Waals surface area contributed by atoms with Crippen LogP contribution in [-0.4, -0.2) is 25.2 Å². The molecule has 102 valence electrons. The van der Waals surface area contributed by atoms with E-state index >= 15 is 0 Å². The van der Waals surface area contributed by atoms with Crippen molar-refractivity contribution >= 4 is 23.2 Å². The molecule has 4 heteroatoms. The monoisotopic (exact) mass is 288 g/mol. The molecule has 0 aliphatic rings. The lowest BCUT2D eigenvalue weighted by Gasteiger charge is -2.16. The molecule has 2 N–H and O–H groups in total. The predicted octanol–water partition coefficient (Wildman–Crippen LogP) is 3.51. The third-order valence-corrected chi connectivity index (χ3v) is 3.33. The molecule has 0 spiro atoms. The van der Waals surface area contributed by atoms with Crippen LogP contribution in [0.1, 0.15) is 26.3 Å². The zero-order valence-electron chi connectivity index (χ0n) is 11.3. The summed E-state index contributed by atoms with van der Waals surface area (Å²) in [4.78, 5) is 0. The topological polar surface area (TPSA) is 24.1 Å². The summed E-state index contributed by atoms with van der Waals surface area (Å²) in [7, 11) is 0. The van der Waals surface area contributed by atoms with Crippen molar-refractivity contribution in [3.63, 3.8) is 0 Å². The first-order chi connectivity index (χ1) is 8.49. The van der Waals surface area contributed by atoms with E-state index in [1.165, 1.54) is 0 Å². The highest BCUT2D eigenvalue weighted by atomic mass is 35.5. The van der Waals surface area contributed by atoms with E-state index < -0.39 is 0 Å². The fourth-order valence-corrected chi connectivity index (χ4v) is 2.08. The fourth-order valence-electron chi connectivity index (χ4n) is 1.67. The van der Waals surface area contributed by atoms with E-state index in [1.807, 2.05) is 18.2 Å². The van der Waals surface area contributed by atoms with E-state index in [-0.39, 0.29) is 0 Å². The SMILES string of the molecule is CC(C)NCC(C)NCCc1cc(Cl)ccc1Cl. The van der Waals surface area contributed by atoms with Crippen LogP contribution < -0.4 is 10.6 Å². The van der Waals surface area contributed by atoms with Gasteiger partial charge in [0.15, 0.2) is 0 Å². The van der Waals surface area contributed by atoms with Crippen molar-refractivity contribution in [1.82, 2.24) is 10.6 Å². The Morgan fingerprint density at radius 3 is 2.50 bits per heavy atom. The Hall–Kier alpha value is -0.280. The van der Waals surface area contributed by atoms with E-state index in [2.05, 4.69) is 31.4 Å². The van der Waals surface area contributed by atoms with Gasteiger partial charge >= 0.3 is 0 Å². The molecular weight excluding hydrogens is 267 g/mol. The van der Waals surface area contributed by atoms with Crippen molar-refractivity contribution in [3.05, 3.63) is 33.8 Å². The first kappa shape index (κ1) is 15.8. The number of hydrogen-bond acceptors (Lipinski definition) is 2. The Morgan fingerprint density at radius 2 is 1.83 bits per heavy atom. The maximum Gasteiger partial charge on any atom is 0.0439 e. The number of halogens is 2. The average molecular weight is 289 g/mol. The molecule has 0 aliphatic heterocycles. The minimum Gasteiger partial charge on any atom is -0.313 e. The first-order valence-electron chi connectivity index (χ1n) is 6.39. The van der Waals surface area contributed by atoms with Gasteiger partial charge in [0.05, 0.1) is 0 Å². The maximum atomic E-state index is 6.12. The van der Waals surface area contributed by atoms with Crippen LogP contribution in [0.15, 0.2) is 18.2 Å². The number of hydrogen-bond donors (Lipinski definition) is 2. The fraction of sp³-hybridized carbons (Fsp3) is 0.571. The quantitative estimate of drug-likeness (QED) is 0.802. The van der Waals surface area contributed by atoms with Crippen LogP contribution in [0.25, 0.3) is 0 Å². The predicted molar refractivity (Wildman–Crippen MR) is 80.8 cm³/mol. The molecule has 0 saturated carbocycles. The minimum absolute atomic E-state index is 0.449. The molecule has 0 aliphatic carbocycles. The Labute approximate surface area is 120 Å². The molecule has 0 heterocycles. The summed E-state index contributed by atoms with van der Waals surface area (Å²) in [6.07, 6.45) is 0.894. The van der Waals surface area contributed by atoms with E-state index in [4.69, 9.17) is 23.2 Å². The zero-order valence-corrected chi connectivity index (χ0v) is 12.8. The molecule has 1 rings (SSSR count). The largest absolute Gasteiger partial charge is 0.313 e. The number of rotatable bonds is 7. The normalized spacial score (nSPS) is 13.0. The summed E-state index contributed by atoms with van der Waals surface area (Å²) in [5.74, 6) is 0. The molecule has 0 bridgehead atoms. The summed E-state index contributed by atoms with van der Waals surface area (Å²) in [5.41, 5.74) is 1.10. The van der Waals surface area contributed by atoms with E-state index in [0.29, 0.717) is 12.1 Å². The van der Waals surface area contributed by atoms with E-state index in [1.54, 1.807) is 0 Å². The summed E-state index contributed by atoms with van der Waals surface area (Å²) < 4.78 is 0. The van der Waals surface area contributed by atoms with Crippen molar-refractivity contribution in [1.29, 1.82) is 0 Å². The lowest BCUT2D eigenvalue weighted by molar-refractivity contribution is 0.477. The molecule has 18 heavy (non-hydrogen) atoms. The van der Waals surface area contributed by atoms with Gasteiger partial charge in [0, 0.05) is 28.7 Å². The van der Waals surface area contributed by atoms with Crippen molar-refractivity contribution < 1.29 is 0 Å². The molecule has 2 nitrogen and oxygen atoms in total. The standard InChI is InChI=1S/C14H22Cl2N2/c1-10(2)18-9-11(3)17-7-6-12-8-13(15)4-5-14(12)16/h4-5,8,10-11,17-18H,6-7,9H2,1-3H3. The molecule has 1 aromatic rings. The Balaban J connectivity index is 2.30. The summed E-state index contributed by atoms with van der Waals surface area (Å²) in [5, 5.41) is 8.40. The van der Waals surface area contributed by atoms with Gasteiger partial charge in [-0.25, -0.2) is 0 Å². The average Bonchev–Trinajstić information content (AvgIpc) is 2.31. The Kier molecular flexibility index (Phi) is 7.02. The third kappa shape index (κ3) is 6.05. The van der Waals surface area contributed by atoms with Gasteiger partial charge in [-0.1, -0.05) is 37.0 Å². The van der Waals surface area contributed by atoms with Crippen LogP contribution in [0.5, 0.6) is 0 Å². The van der Waals surface area contributed by atoms with Crippen LogP contribution in [-0.2, 0) is 6.42 Å². The van der Waals surface area contributed by atoms with Crippen LogP contribution in [0.2, 0.25) is 10.0 Å². The molecular formula is C14H22Cl2N2. The third-order valence-electron chi connectivity index (χ3n) is 2.73. The van der Waals surface area contributed by atoms with E-state index in [0.717, 1.165) is 35.1 Å². The molecule has 0 saturated heterocycles. The van der Waals surface area contributed by atoms with Gasteiger partial charge in [-0.2, -0.15) is 0 Å². The zero-order chi connectivity index (χ0) is 13.5.